The summed E-state index contributed by atoms with van der Waals surface area (Å²) >= 11 is 0. The number of aromatic nitrogens is 2. The summed E-state index contributed by atoms with van der Waals surface area (Å²) < 4.78 is 39.4. The van der Waals surface area contributed by atoms with Crippen LogP contribution in [0.15, 0.2) is 36.7 Å². The van der Waals surface area contributed by atoms with Crippen LogP contribution in [0, 0.1) is 5.82 Å². The topological polar surface area (TPSA) is 52.0 Å². The maximum atomic E-state index is 12.9. The summed E-state index contributed by atoms with van der Waals surface area (Å²) in [6.07, 6.45) is 8.25. The lowest BCUT2D eigenvalue weighted by molar-refractivity contribution is 0.481. The van der Waals surface area contributed by atoms with Gasteiger partial charge in [-0.05, 0) is 30.5 Å². The molecule has 0 bridgehead atoms. The molecule has 1 aromatic heterocycles. The van der Waals surface area contributed by atoms with E-state index in [1.807, 2.05) is 6.20 Å². The van der Waals surface area contributed by atoms with Crippen molar-refractivity contribution in [1.29, 1.82) is 0 Å². The molecule has 1 aromatic carbocycles. The van der Waals surface area contributed by atoms with Crippen LogP contribution in [0.25, 0.3) is 11.1 Å². The van der Waals surface area contributed by atoms with Crippen molar-refractivity contribution in [3.63, 3.8) is 0 Å². The van der Waals surface area contributed by atoms with E-state index in [2.05, 4.69) is 5.10 Å². The van der Waals surface area contributed by atoms with Crippen molar-refractivity contribution in [2.45, 2.75) is 43.9 Å². The summed E-state index contributed by atoms with van der Waals surface area (Å²) in [5, 5.41) is 4.04. The number of hydrogen-bond donors (Lipinski definition) is 0. The van der Waals surface area contributed by atoms with E-state index >= 15 is 0 Å². The summed E-state index contributed by atoms with van der Waals surface area (Å²) in [4.78, 5) is 0. The Morgan fingerprint density at radius 2 is 1.78 bits per heavy atom. The van der Waals surface area contributed by atoms with E-state index in [0.717, 1.165) is 43.2 Å². The van der Waals surface area contributed by atoms with Crippen LogP contribution in [0.1, 0.15) is 32.1 Å². The van der Waals surface area contributed by atoms with E-state index in [-0.39, 0.29) is 16.8 Å². The summed E-state index contributed by atoms with van der Waals surface area (Å²) in [5.41, 5.74) is 1.73. The fourth-order valence-electron chi connectivity index (χ4n) is 3.09. The van der Waals surface area contributed by atoms with E-state index < -0.39 is 9.84 Å². The first-order chi connectivity index (χ1) is 11.0. The quantitative estimate of drug-likeness (QED) is 0.840. The highest BCUT2D eigenvalue weighted by Crippen LogP contribution is 2.24. The van der Waals surface area contributed by atoms with Crippen molar-refractivity contribution in [3.05, 3.63) is 42.5 Å². The molecule has 1 saturated carbocycles. The van der Waals surface area contributed by atoms with Crippen LogP contribution >= 0.6 is 0 Å². The zero-order chi connectivity index (χ0) is 16.3. The van der Waals surface area contributed by atoms with Gasteiger partial charge in [0.2, 0.25) is 0 Å². The molecule has 1 fully saturated rings. The molecule has 1 heterocycles. The highest BCUT2D eigenvalue weighted by Gasteiger charge is 2.26. The largest absolute Gasteiger partial charge is 0.271 e. The van der Waals surface area contributed by atoms with Gasteiger partial charge in [0, 0.05) is 11.8 Å². The molecule has 3 rings (SSSR count). The van der Waals surface area contributed by atoms with Crippen molar-refractivity contribution >= 4 is 9.84 Å². The number of nitrogens with zero attached hydrogens (tertiary/aromatic N) is 2. The minimum absolute atomic E-state index is 0.127. The molecule has 6 heteroatoms. The molecule has 23 heavy (non-hydrogen) atoms. The predicted octanol–water partition coefficient (Wildman–Crippen LogP) is 3.44. The van der Waals surface area contributed by atoms with Crippen molar-refractivity contribution in [2.24, 2.45) is 0 Å². The summed E-state index contributed by atoms with van der Waals surface area (Å²) in [6, 6.07) is 6.19. The lowest BCUT2D eigenvalue weighted by Crippen LogP contribution is -2.28. The summed E-state index contributed by atoms with van der Waals surface area (Å²) in [5.74, 6) is -0.151. The fourth-order valence-corrected chi connectivity index (χ4v) is 4.92. The van der Waals surface area contributed by atoms with Gasteiger partial charge in [-0.2, -0.15) is 5.10 Å². The second-order valence-electron chi connectivity index (χ2n) is 6.13. The number of halogens is 1. The zero-order valence-electron chi connectivity index (χ0n) is 13.0. The maximum absolute atomic E-state index is 12.9. The number of rotatable bonds is 5. The zero-order valence-corrected chi connectivity index (χ0v) is 13.8. The van der Waals surface area contributed by atoms with Crippen LogP contribution in [-0.4, -0.2) is 29.2 Å². The van der Waals surface area contributed by atoms with E-state index in [4.69, 9.17) is 0 Å². The van der Waals surface area contributed by atoms with Crippen molar-refractivity contribution in [1.82, 2.24) is 9.78 Å². The Kier molecular flexibility index (Phi) is 4.80. The minimum atomic E-state index is -3.05. The predicted molar refractivity (Wildman–Crippen MR) is 88.3 cm³/mol. The Labute approximate surface area is 136 Å². The average molecular weight is 336 g/mol. The van der Waals surface area contributed by atoms with Gasteiger partial charge in [-0.1, -0.05) is 31.4 Å². The Bertz CT molecular complexity index is 747. The first kappa shape index (κ1) is 16.2. The molecule has 124 valence electrons. The van der Waals surface area contributed by atoms with Crippen molar-refractivity contribution < 1.29 is 12.8 Å². The Morgan fingerprint density at radius 3 is 2.48 bits per heavy atom. The Morgan fingerprint density at radius 1 is 1.09 bits per heavy atom. The molecular weight excluding hydrogens is 315 g/mol. The summed E-state index contributed by atoms with van der Waals surface area (Å²) in [6.45, 7) is 0.361. The van der Waals surface area contributed by atoms with E-state index in [9.17, 15) is 12.8 Å². The van der Waals surface area contributed by atoms with E-state index in [1.165, 1.54) is 12.1 Å². The van der Waals surface area contributed by atoms with Gasteiger partial charge in [0.25, 0.3) is 0 Å². The maximum Gasteiger partial charge on any atom is 0.154 e. The lowest BCUT2D eigenvalue weighted by atomic mass is 10.0. The van der Waals surface area contributed by atoms with Crippen LogP contribution in [0.3, 0.4) is 0 Å². The molecule has 1 aliphatic carbocycles. The first-order valence-electron chi connectivity index (χ1n) is 8.04. The molecule has 0 spiro atoms. The summed E-state index contributed by atoms with van der Waals surface area (Å²) in [7, 11) is -3.05. The van der Waals surface area contributed by atoms with Gasteiger partial charge in [-0.3, -0.25) is 4.68 Å². The second kappa shape index (κ2) is 6.83. The molecular formula is C17H21FN2O2S. The fraction of sp³-hybridized carbons (Fsp3) is 0.471. The van der Waals surface area contributed by atoms with Crippen LogP contribution in [0.2, 0.25) is 0 Å². The standard InChI is InChI=1S/C17H21FN2O2S/c18-16-8-6-14(7-9-16)15-12-19-20(13-15)10-11-23(21,22)17-4-2-1-3-5-17/h6-9,12-13,17H,1-5,10-11H2. The normalized spacial score (nSPS) is 16.6. The highest BCUT2D eigenvalue weighted by atomic mass is 32.2. The van der Waals surface area contributed by atoms with Crippen molar-refractivity contribution in [3.8, 4) is 11.1 Å². The van der Waals surface area contributed by atoms with Gasteiger partial charge in [-0.15, -0.1) is 0 Å². The van der Waals surface area contributed by atoms with Crippen LogP contribution in [-0.2, 0) is 16.4 Å². The number of sulfone groups is 1. The SMILES string of the molecule is O=S(=O)(CCn1cc(-c2ccc(F)cc2)cn1)C1CCCCC1. The Hall–Kier alpha value is -1.69. The molecule has 0 N–H and O–H groups in total. The van der Waals surface area contributed by atoms with Crippen LogP contribution < -0.4 is 0 Å². The molecule has 0 saturated heterocycles. The van der Waals surface area contributed by atoms with Gasteiger partial charge >= 0.3 is 0 Å². The number of hydrogen-bond acceptors (Lipinski definition) is 3. The van der Waals surface area contributed by atoms with Crippen LogP contribution in [0.4, 0.5) is 4.39 Å². The third kappa shape index (κ3) is 3.99. The van der Waals surface area contributed by atoms with E-state index in [1.54, 1.807) is 23.0 Å². The number of benzene rings is 1. The molecule has 0 atom stereocenters. The third-order valence-electron chi connectivity index (χ3n) is 4.48. The van der Waals surface area contributed by atoms with Crippen LogP contribution in [0.5, 0.6) is 0 Å². The van der Waals surface area contributed by atoms with Gasteiger partial charge in [-0.25, -0.2) is 12.8 Å². The average Bonchev–Trinajstić information content (AvgIpc) is 3.04. The van der Waals surface area contributed by atoms with Crippen molar-refractivity contribution in [2.75, 3.05) is 5.75 Å². The molecule has 0 aliphatic heterocycles. The van der Waals surface area contributed by atoms with E-state index in [0.29, 0.717) is 6.54 Å². The first-order valence-corrected chi connectivity index (χ1v) is 9.76. The monoisotopic (exact) mass is 336 g/mol. The molecule has 2 aromatic rings. The highest BCUT2D eigenvalue weighted by molar-refractivity contribution is 7.92. The molecule has 1 aliphatic rings. The molecule has 0 unspecified atom stereocenters. The van der Waals surface area contributed by atoms with Gasteiger partial charge < -0.3 is 0 Å². The molecule has 4 nitrogen and oxygen atoms in total. The smallest absolute Gasteiger partial charge is 0.154 e. The molecule has 0 radical (unpaired) electrons. The Balaban J connectivity index is 1.64. The second-order valence-corrected chi connectivity index (χ2v) is 8.53. The lowest BCUT2D eigenvalue weighted by Gasteiger charge is -2.21. The van der Waals surface area contributed by atoms with Gasteiger partial charge in [0.15, 0.2) is 9.84 Å². The third-order valence-corrected chi connectivity index (χ3v) is 6.71. The minimum Gasteiger partial charge on any atom is -0.271 e. The van der Waals surface area contributed by atoms with Gasteiger partial charge in [0.1, 0.15) is 5.82 Å². The molecule has 0 amide bonds. The number of aryl methyl sites for hydroxylation is 1. The van der Waals surface area contributed by atoms with Gasteiger partial charge in [0.05, 0.1) is 23.7 Å².